The molecule has 0 spiro atoms. The monoisotopic (exact) mass is 405 g/mol. The van der Waals surface area contributed by atoms with Gasteiger partial charge in [0.05, 0.1) is 0 Å². The Morgan fingerprint density at radius 2 is 1.48 bits per heavy atom. The van der Waals surface area contributed by atoms with Crippen molar-refractivity contribution >= 4 is 24.3 Å². The van der Waals surface area contributed by atoms with E-state index >= 15 is 0 Å². The standard InChI is InChI=1S/C5H8NO2.3C4H9.Sn/c1-2-3-8-4-5(6)7;3*1-3-4-2;/h1-2H,3-4H2,(H2,6,7);3*1,3-4H2,2H3;. The van der Waals surface area contributed by atoms with Crippen molar-refractivity contribution in [3.63, 3.8) is 0 Å². The molecule has 0 fully saturated rings. The molecule has 124 valence electrons. The van der Waals surface area contributed by atoms with Crippen LogP contribution in [0.2, 0.25) is 13.3 Å². The zero-order valence-electron chi connectivity index (χ0n) is 14.3. The van der Waals surface area contributed by atoms with Gasteiger partial charge < -0.3 is 0 Å². The van der Waals surface area contributed by atoms with Crippen LogP contribution in [0.1, 0.15) is 59.3 Å². The van der Waals surface area contributed by atoms with E-state index in [0.29, 0.717) is 6.61 Å². The van der Waals surface area contributed by atoms with Gasteiger partial charge in [0, 0.05) is 0 Å². The van der Waals surface area contributed by atoms with Gasteiger partial charge >= 0.3 is 136 Å². The molecule has 0 atom stereocenters. The topological polar surface area (TPSA) is 52.3 Å². The molecular formula is C17H35NO2Sn. The molecule has 4 heteroatoms. The molecule has 0 aliphatic rings. The molecule has 0 radical (unpaired) electrons. The number of carbonyl (C=O) groups is 1. The van der Waals surface area contributed by atoms with Gasteiger partial charge in [0.15, 0.2) is 0 Å². The second kappa shape index (κ2) is 13.6. The van der Waals surface area contributed by atoms with Crippen LogP contribution in [0.25, 0.3) is 0 Å². The predicted octanol–water partition coefficient (Wildman–Crippen LogP) is 4.43. The summed E-state index contributed by atoms with van der Waals surface area (Å²) in [5.74, 6) is -0.388. The third kappa shape index (κ3) is 11.2. The molecule has 0 aliphatic heterocycles. The first-order chi connectivity index (χ1) is 10.1. The molecule has 0 aliphatic carbocycles. The summed E-state index contributed by atoms with van der Waals surface area (Å²) in [6, 6.07) is 0. The van der Waals surface area contributed by atoms with Gasteiger partial charge in [-0.15, -0.1) is 0 Å². The van der Waals surface area contributed by atoms with Gasteiger partial charge in [0.25, 0.3) is 0 Å². The summed E-state index contributed by atoms with van der Waals surface area (Å²) in [4.78, 5) is 10.7. The summed E-state index contributed by atoms with van der Waals surface area (Å²) in [5.41, 5.74) is 5.08. The third-order valence-corrected chi connectivity index (χ3v) is 18.3. The Balaban J connectivity index is 4.60. The third-order valence-electron chi connectivity index (χ3n) is 4.01. The van der Waals surface area contributed by atoms with Crippen molar-refractivity contribution in [2.75, 3.05) is 13.2 Å². The van der Waals surface area contributed by atoms with Crippen LogP contribution in [0.4, 0.5) is 0 Å². The summed E-state index contributed by atoms with van der Waals surface area (Å²) >= 11 is -2.15. The zero-order valence-corrected chi connectivity index (χ0v) is 17.2. The number of hydrogen-bond acceptors (Lipinski definition) is 2. The molecule has 0 bridgehead atoms. The summed E-state index contributed by atoms with van der Waals surface area (Å²) < 4.78 is 12.3. The van der Waals surface area contributed by atoms with Crippen molar-refractivity contribution < 1.29 is 9.53 Å². The summed E-state index contributed by atoms with van der Waals surface area (Å²) in [5, 5.41) is 0. The molecule has 0 aromatic carbocycles. The van der Waals surface area contributed by atoms with E-state index in [1.165, 1.54) is 51.8 Å². The Labute approximate surface area is 135 Å². The minimum absolute atomic E-state index is 0.0335. The van der Waals surface area contributed by atoms with Crippen molar-refractivity contribution in [2.24, 2.45) is 5.73 Å². The van der Waals surface area contributed by atoms with E-state index in [4.69, 9.17) is 10.5 Å². The second-order valence-corrected chi connectivity index (χ2v) is 19.1. The molecule has 0 saturated carbocycles. The quantitative estimate of drug-likeness (QED) is 0.344. The van der Waals surface area contributed by atoms with Crippen LogP contribution in [0.15, 0.2) is 10.2 Å². The van der Waals surface area contributed by atoms with Crippen molar-refractivity contribution in [1.82, 2.24) is 0 Å². The van der Waals surface area contributed by atoms with Crippen LogP contribution in [0, 0.1) is 0 Å². The first-order valence-corrected chi connectivity index (χ1v) is 16.3. The molecule has 0 unspecified atom stereocenters. The van der Waals surface area contributed by atoms with Gasteiger partial charge in [-0.1, -0.05) is 0 Å². The van der Waals surface area contributed by atoms with E-state index in [0.717, 1.165) is 0 Å². The normalized spacial score (nSPS) is 12.1. The molecule has 0 heterocycles. The fraction of sp³-hybridized carbons (Fsp3) is 0.824. The Hall–Kier alpha value is -0.0313. The van der Waals surface area contributed by atoms with Gasteiger partial charge in [-0.05, 0) is 0 Å². The van der Waals surface area contributed by atoms with Gasteiger partial charge in [0.1, 0.15) is 0 Å². The number of nitrogens with two attached hydrogens (primary N) is 1. The van der Waals surface area contributed by atoms with Crippen LogP contribution < -0.4 is 5.73 Å². The van der Waals surface area contributed by atoms with Crippen LogP contribution in [0.3, 0.4) is 0 Å². The van der Waals surface area contributed by atoms with Crippen molar-refractivity contribution in [1.29, 1.82) is 0 Å². The Kier molecular flexibility index (Phi) is 13.6. The number of amides is 1. The molecule has 2 N–H and O–H groups in total. The maximum absolute atomic E-state index is 10.7. The fourth-order valence-corrected chi connectivity index (χ4v) is 17.1. The second-order valence-electron chi connectivity index (χ2n) is 6.06. The molecule has 3 nitrogen and oxygen atoms in total. The molecule has 0 aromatic heterocycles. The van der Waals surface area contributed by atoms with Gasteiger partial charge in [-0.3, -0.25) is 0 Å². The summed E-state index contributed by atoms with van der Waals surface area (Å²) in [6.07, 6.45) is 10.2. The summed E-state index contributed by atoms with van der Waals surface area (Å²) in [6.45, 7) is 7.43. The van der Waals surface area contributed by atoms with Crippen LogP contribution in [-0.4, -0.2) is 37.5 Å². The van der Waals surface area contributed by atoms with E-state index in [2.05, 4.69) is 30.9 Å². The first-order valence-electron chi connectivity index (χ1n) is 8.64. The number of carbonyl (C=O) groups excluding carboxylic acids is 1. The molecule has 0 rings (SSSR count). The fourth-order valence-electron chi connectivity index (χ4n) is 2.74. The Morgan fingerprint density at radius 3 is 1.86 bits per heavy atom. The zero-order chi connectivity index (χ0) is 16.0. The van der Waals surface area contributed by atoms with Crippen LogP contribution >= 0.6 is 0 Å². The number of unbranched alkanes of at least 4 members (excludes halogenated alkanes) is 3. The average molecular weight is 404 g/mol. The molecule has 1 amide bonds. The molecule has 0 saturated heterocycles. The predicted molar refractivity (Wildman–Crippen MR) is 94.1 cm³/mol. The van der Waals surface area contributed by atoms with Gasteiger partial charge in [-0.2, -0.15) is 0 Å². The summed E-state index contributed by atoms with van der Waals surface area (Å²) in [7, 11) is 0. The van der Waals surface area contributed by atoms with E-state index in [9.17, 15) is 4.79 Å². The van der Waals surface area contributed by atoms with Gasteiger partial charge in [0.2, 0.25) is 0 Å². The average Bonchev–Trinajstić information content (AvgIpc) is 2.47. The Morgan fingerprint density at radius 1 is 1.00 bits per heavy atom. The first kappa shape index (κ1) is 21.0. The van der Waals surface area contributed by atoms with E-state index in [-0.39, 0.29) is 12.5 Å². The minimum atomic E-state index is -2.15. The molecular weight excluding hydrogens is 369 g/mol. The molecule has 0 aromatic rings. The SMILES string of the molecule is CCC[CH2][Sn](/[CH]=C/COCC(N)=O)([CH2]CCC)[CH2]CCC. The van der Waals surface area contributed by atoms with Crippen LogP contribution in [0.5, 0.6) is 0 Å². The van der Waals surface area contributed by atoms with Crippen molar-refractivity contribution in [3.8, 4) is 0 Å². The van der Waals surface area contributed by atoms with E-state index in [1.54, 1.807) is 0 Å². The number of primary amides is 1. The Bertz CT molecular complexity index is 271. The van der Waals surface area contributed by atoms with Crippen molar-refractivity contribution in [3.05, 3.63) is 10.2 Å². The number of ether oxygens (including phenoxy) is 1. The number of rotatable bonds is 14. The van der Waals surface area contributed by atoms with E-state index < -0.39 is 18.4 Å². The molecule has 21 heavy (non-hydrogen) atoms. The maximum atomic E-state index is 10.7. The van der Waals surface area contributed by atoms with Crippen LogP contribution in [-0.2, 0) is 9.53 Å². The van der Waals surface area contributed by atoms with E-state index in [1.807, 2.05) is 0 Å². The van der Waals surface area contributed by atoms with Crippen molar-refractivity contribution in [2.45, 2.75) is 72.6 Å². The number of hydrogen-bond donors (Lipinski definition) is 1. The van der Waals surface area contributed by atoms with Gasteiger partial charge in [-0.25, -0.2) is 0 Å².